The summed E-state index contributed by atoms with van der Waals surface area (Å²) in [5.74, 6) is -1.15. The maximum atomic E-state index is 11.2. The van der Waals surface area contributed by atoms with E-state index >= 15 is 0 Å². The minimum atomic E-state index is -0.754. The number of ether oxygens (including phenoxy) is 1. The number of carboxylic acid groups (broad SMARTS) is 1. The summed E-state index contributed by atoms with van der Waals surface area (Å²) in [6.45, 7) is 2.48. The van der Waals surface area contributed by atoms with Crippen molar-refractivity contribution < 1.29 is 14.6 Å². The van der Waals surface area contributed by atoms with Crippen molar-refractivity contribution in [2.75, 3.05) is 6.61 Å². The summed E-state index contributed by atoms with van der Waals surface area (Å²) in [5, 5.41) is 9.21. The van der Waals surface area contributed by atoms with Crippen molar-refractivity contribution in [2.24, 2.45) is 5.92 Å². The number of aliphatic carboxylic acids is 1. The Bertz CT molecular complexity index is 455. The number of rotatable bonds is 2. The molecule has 2 aliphatic heterocycles. The fourth-order valence-corrected chi connectivity index (χ4v) is 2.96. The van der Waals surface area contributed by atoms with Crippen molar-refractivity contribution in [3.05, 3.63) is 29.6 Å². The molecule has 0 aromatic carbocycles. The maximum Gasteiger partial charge on any atom is 0.310 e. The van der Waals surface area contributed by atoms with E-state index in [-0.39, 0.29) is 11.5 Å². The van der Waals surface area contributed by atoms with Gasteiger partial charge < -0.3 is 9.84 Å². The molecule has 0 amide bonds. The molecule has 1 N–H and O–H groups in total. The van der Waals surface area contributed by atoms with Gasteiger partial charge in [-0.05, 0) is 24.5 Å². The second kappa shape index (κ2) is 3.04. The van der Waals surface area contributed by atoms with Gasteiger partial charge in [0.05, 0.1) is 18.6 Å². The number of carboxylic acids is 1. The van der Waals surface area contributed by atoms with Gasteiger partial charge >= 0.3 is 5.97 Å². The van der Waals surface area contributed by atoms with Gasteiger partial charge in [0.15, 0.2) is 0 Å². The smallest absolute Gasteiger partial charge is 0.310 e. The molecule has 1 aromatic heterocycles. The zero-order valence-electron chi connectivity index (χ0n) is 9.01. The predicted molar refractivity (Wildman–Crippen MR) is 56.1 cm³/mol. The monoisotopic (exact) mass is 219 g/mol. The number of aryl methyl sites for hydroxylation is 1. The average Bonchev–Trinajstić information content (AvgIpc) is 2.74. The largest absolute Gasteiger partial charge is 0.481 e. The topological polar surface area (TPSA) is 59.4 Å². The van der Waals surface area contributed by atoms with E-state index < -0.39 is 11.9 Å². The first kappa shape index (κ1) is 9.78. The Kier molecular flexibility index (Phi) is 1.86. The van der Waals surface area contributed by atoms with Crippen molar-refractivity contribution in [1.29, 1.82) is 0 Å². The number of hydrogen-bond donors (Lipinski definition) is 1. The van der Waals surface area contributed by atoms with E-state index in [0.29, 0.717) is 6.61 Å². The minimum Gasteiger partial charge on any atom is -0.481 e. The van der Waals surface area contributed by atoms with Crippen LogP contribution in [-0.4, -0.2) is 28.8 Å². The fourth-order valence-electron chi connectivity index (χ4n) is 2.96. The summed E-state index contributed by atoms with van der Waals surface area (Å²) >= 11 is 0. The minimum absolute atomic E-state index is 0.0991. The highest BCUT2D eigenvalue weighted by molar-refractivity contribution is 5.76. The van der Waals surface area contributed by atoms with Gasteiger partial charge in [-0.15, -0.1) is 0 Å². The molecule has 3 heterocycles. The highest BCUT2D eigenvalue weighted by Gasteiger charge is 2.65. The molecule has 2 bridgehead atoms. The van der Waals surface area contributed by atoms with Gasteiger partial charge in [0.1, 0.15) is 0 Å². The lowest BCUT2D eigenvalue weighted by atomic mass is 9.58. The van der Waals surface area contributed by atoms with Crippen LogP contribution in [0.25, 0.3) is 0 Å². The van der Waals surface area contributed by atoms with Crippen LogP contribution < -0.4 is 0 Å². The molecule has 16 heavy (non-hydrogen) atoms. The Labute approximate surface area is 93.3 Å². The molecule has 4 heteroatoms. The van der Waals surface area contributed by atoms with Crippen molar-refractivity contribution in [3.8, 4) is 0 Å². The molecule has 3 aliphatic rings. The summed E-state index contributed by atoms with van der Waals surface area (Å²) in [6.07, 6.45) is 4.27. The van der Waals surface area contributed by atoms with E-state index in [4.69, 9.17) is 4.74 Å². The highest BCUT2D eigenvalue weighted by Crippen LogP contribution is 2.56. The summed E-state index contributed by atoms with van der Waals surface area (Å²) in [6, 6.07) is 2.02. The molecule has 4 nitrogen and oxygen atoms in total. The van der Waals surface area contributed by atoms with Crippen LogP contribution in [0.4, 0.5) is 0 Å². The molecule has 0 radical (unpaired) electrons. The van der Waals surface area contributed by atoms with E-state index in [0.717, 1.165) is 17.5 Å². The number of fused-ring (bicyclic) bond motifs is 1. The third-order valence-corrected chi connectivity index (χ3v) is 3.80. The molecular weight excluding hydrogens is 206 g/mol. The van der Waals surface area contributed by atoms with Gasteiger partial charge in [-0.25, -0.2) is 0 Å². The van der Waals surface area contributed by atoms with Crippen LogP contribution in [0, 0.1) is 12.8 Å². The zero-order chi connectivity index (χ0) is 11.3. The van der Waals surface area contributed by atoms with Crippen LogP contribution in [0.15, 0.2) is 18.5 Å². The van der Waals surface area contributed by atoms with Crippen molar-refractivity contribution in [1.82, 2.24) is 4.98 Å². The third kappa shape index (κ3) is 1.08. The number of aromatic nitrogens is 1. The van der Waals surface area contributed by atoms with E-state index in [2.05, 4.69) is 4.98 Å². The summed E-state index contributed by atoms with van der Waals surface area (Å²) < 4.78 is 5.49. The Morgan fingerprint density at radius 2 is 2.44 bits per heavy atom. The standard InChI is InChI=1S/C12H13NO3/c1-7-2-8(5-13-4-7)12-3-9(16-6-12)10(12)11(14)15/h2,4-5,9-10H,3,6H2,1H3,(H,14,15). The van der Waals surface area contributed by atoms with Crippen LogP contribution in [0.2, 0.25) is 0 Å². The molecule has 2 saturated heterocycles. The van der Waals surface area contributed by atoms with Gasteiger partial charge in [0.2, 0.25) is 0 Å². The molecule has 3 unspecified atom stereocenters. The Morgan fingerprint density at radius 1 is 1.62 bits per heavy atom. The van der Waals surface area contributed by atoms with Gasteiger partial charge in [-0.1, -0.05) is 6.07 Å². The predicted octanol–water partition coefficient (Wildman–Crippen LogP) is 1.13. The number of hydrogen-bond acceptors (Lipinski definition) is 3. The van der Waals surface area contributed by atoms with E-state index in [9.17, 15) is 9.90 Å². The van der Waals surface area contributed by atoms with Crippen LogP contribution >= 0.6 is 0 Å². The Morgan fingerprint density at radius 3 is 3.06 bits per heavy atom. The van der Waals surface area contributed by atoms with Gasteiger partial charge in [0.25, 0.3) is 0 Å². The molecule has 3 fully saturated rings. The molecular formula is C12H13NO3. The summed E-state index contributed by atoms with van der Waals surface area (Å²) in [5.41, 5.74) is 1.75. The lowest BCUT2D eigenvalue weighted by Crippen LogP contribution is -2.52. The van der Waals surface area contributed by atoms with E-state index in [1.807, 2.05) is 13.0 Å². The van der Waals surface area contributed by atoms with Crippen LogP contribution in [0.3, 0.4) is 0 Å². The number of nitrogens with zero attached hydrogens (tertiary/aromatic N) is 1. The normalized spacial score (nSPS) is 35.8. The molecule has 1 saturated carbocycles. The first-order valence-electron chi connectivity index (χ1n) is 5.40. The van der Waals surface area contributed by atoms with E-state index in [1.54, 1.807) is 12.4 Å². The van der Waals surface area contributed by atoms with Crippen molar-refractivity contribution in [3.63, 3.8) is 0 Å². The number of pyridine rings is 1. The average molecular weight is 219 g/mol. The van der Waals surface area contributed by atoms with E-state index in [1.165, 1.54) is 0 Å². The molecule has 84 valence electrons. The van der Waals surface area contributed by atoms with Crippen molar-refractivity contribution >= 4 is 5.97 Å². The lowest BCUT2D eigenvalue weighted by Gasteiger charge is -2.42. The molecule has 4 rings (SSSR count). The quantitative estimate of drug-likeness (QED) is 0.810. The third-order valence-electron chi connectivity index (χ3n) is 3.80. The second-order valence-electron chi connectivity index (χ2n) is 4.78. The van der Waals surface area contributed by atoms with Gasteiger partial charge in [-0.2, -0.15) is 0 Å². The summed E-state index contributed by atoms with van der Waals surface area (Å²) in [4.78, 5) is 15.3. The molecule has 1 aromatic rings. The first-order valence-corrected chi connectivity index (χ1v) is 5.40. The van der Waals surface area contributed by atoms with Crippen molar-refractivity contribution in [2.45, 2.75) is 24.9 Å². The maximum absolute atomic E-state index is 11.2. The first-order chi connectivity index (χ1) is 7.63. The lowest BCUT2D eigenvalue weighted by molar-refractivity contribution is -0.150. The Hall–Kier alpha value is -1.42. The summed E-state index contributed by atoms with van der Waals surface area (Å²) in [7, 11) is 0. The molecule has 0 spiro atoms. The van der Waals surface area contributed by atoms with Crippen LogP contribution in [0.5, 0.6) is 0 Å². The van der Waals surface area contributed by atoms with Gasteiger partial charge in [-0.3, -0.25) is 9.78 Å². The zero-order valence-corrected chi connectivity index (χ0v) is 9.01. The molecule has 1 aliphatic carbocycles. The number of carbonyl (C=O) groups is 1. The van der Waals surface area contributed by atoms with Crippen LogP contribution in [-0.2, 0) is 14.9 Å². The molecule has 3 atom stereocenters. The Balaban J connectivity index is 2.03. The SMILES string of the molecule is Cc1cncc(C23COC(C2)C3C(=O)O)c1. The second-order valence-corrected chi connectivity index (χ2v) is 4.78. The van der Waals surface area contributed by atoms with Crippen LogP contribution in [0.1, 0.15) is 17.5 Å². The fraction of sp³-hybridized carbons (Fsp3) is 0.500. The highest BCUT2D eigenvalue weighted by atomic mass is 16.5. The van der Waals surface area contributed by atoms with Gasteiger partial charge in [0, 0.05) is 17.8 Å².